The summed E-state index contributed by atoms with van der Waals surface area (Å²) in [5, 5.41) is 11.1. The molecule has 3 aromatic rings. The van der Waals surface area contributed by atoms with Crippen LogP contribution in [-0.2, 0) is 6.54 Å². The number of thiazole rings is 1. The fourth-order valence-corrected chi connectivity index (χ4v) is 4.90. The van der Waals surface area contributed by atoms with Crippen molar-refractivity contribution in [2.45, 2.75) is 31.8 Å². The van der Waals surface area contributed by atoms with Gasteiger partial charge in [0, 0.05) is 29.4 Å². The van der Waals surface area contributed by atoms with Crippen LogP contribution in [0.1, 0.15) is 36.8 Å². The number of furan rings is 1. The third kappa shape index (κ3) is 4.20. The van der Waals surface area contributed by atoms with Gasteiger partial charge in [-0.3, -0.25) is 4.90 Å². The van der Waals surface area contributed by atoms with E-state index in [2.05, 4.69) is 38.5 Å². The highest BCUT2D eigenvalue weighted by Gasteiger charge is 2.24. The Bertz CT molecular complexity index is 746. The van der Waals surface area contributed by atoms with Gasteiger partial charge < -0.3 is 9.73 Å². The second kappa shape index (κ2) is 8.27. The predicted molar refractivity (Wildman–Crippen MR) is 104 cm³/mol. The van der Waals surface area contributed by atoms with Crippen LogP contribution in [0, 0.1) is 0 Å². The van der Waals surface area contributed by atoms with Gasteiger partial charge in [-0.15, -0.1) is 11.3 Å². The highest BCUT2D eigenvalue weighted by molar-refractivity contribution is 7.14. The predicted octanol–water partition coefficient (Wildman–Crippen LogP) is 4.78. The van der Waals surface area contributed by atoms with Crippen LogP contribution < -0.4 is 5.32 Å². The summed E-state index contributed by atoms with van der Waals surface area (Å²) in [7, 11) is 0. The van der Waals surface area contributed by atoms with Gasteiger partial charge >= 0.3 is 0 Å². The Labute approximate surface area is 156 Å². The number of rotatable bonds is 7. The molecule has 25 heavy (non-hydrogen) atoms. The first-order valence-electron chi connectivity index (χ1n) is 8.85. The van der Waals surface area contributed by atoms with Crippen molar-refractivity contribution in [2.75, 3.05) is 19.6 Å². The molecule has 0 bridgehead atoms. The largest absolute Gasteiger partial charge is 0.468 e. The van der Waals surface area contributed by atoms with Crippen molar-refractivity contribution in [1.82, 2.24) is 15.2 Å². The van der Waals surface area contributed by atoms with Crippen LogP contribution in [0.4, 0.5) is 0 Å². The Morgan fingerprint density at radius 2 is 2.12 bits per heavy atom. The van der Waals surface area contributed by atoms with E-state index >= 15 is 0 Å². The fourth-order valence-electron chi connectivity index (χ4n) is 3.36. The molecule has 4 heterocycles. The standard InChI is InChI=1S/C19H23N3OS2/c1-2-7-22(8-3-1)17(18-5-4-9-23-18)12-20-11-16-14-25-19(21-16)15-6-10-24-13-15/h4-6,9-10,13-14,17,20H,1-3,7-8,11-12H2. The minimum atomic E-state index is 0.310. The van der Waals surface area contributed by atoms with Gasteiger partial charge in [0.15, 0.2) is 0 Å². The van der Waals surface area contributed by atoms with Gasteiger partial charge in [0.1, 0.15) is 10.8 Å². The smallest absolute Gasteiger partial charge is 0.124 e. The Hall–Kier alpha value is -1.47. The van der Waals surface area contributed by atoms with Crippen LogP contribution in [-0.4, -0.2) is 29.5 Å². The molecule has 1 saturated heterocycles. The molecule has 0 radical (unpaired) electrons. The molecule has 0 amide bonds. The molecule has 1 fully saturated rings. The molecule has 4 nitrogen and oxygen atoms in total. The summed E-state index contributed by atoms with van der Waals surface area (Å²) in [6.07, 6.45) is 5.69. The van der Waals surface area contributed by atoms with E-state index in [1.54, 1.807) is 28.9 Å². The van der Waals surface area contributed by atoms with Crippen LogP contribution in [0.5, 0.6) is 0 Å². The molecular formula is C19H23N3OS2. The lowest BCUT2D eigenvalue weighted by molar-refractivity contribution is 0.142. The lowest BCUT2D eigenvalue weighted by atomic mass is 10.1. The molecule has 132 valence electrons. The average Bonchev–Trinajstić information content (AvgIpc) is 3.41. The van der Waals surface area contributed by atoms with Crippen molar-refractivity contribution >= 4 is 22.7 Å². The van der Waals surface area contributed by atoms with Gasteiger partial charge in [0.2, 0.25) is 0 Å². The van der Waals surface area contributed by atoms with Gasteiger partial charge in [-0.25, -0.2) is 4.98 Å². The van der Waals surface area contributed by atoms with Gasteiger partial charge in [-0.2, -0.15) is 11.3 Å². The van der Waals surface area contributed by atoms with E-state index in [0.717, 1.165) is 42.6 Å². The van der Waals surface area contributed by atoms with E-state index in [4.69, 9.17) is 9.40 Å². The zero-order valence-corrected chi connectivity index (χ0v) is 15.8. The monoisotopic (exact) mass is 373 g/mol. The molecule has 0 saturated carbocycles. The second-order valence-corrected chi connectivity index (χ2v) is 8.05. The summed E-state index contributed by atoms with van der Waals surface area (Å²) in [5.74, 6) is 1.06. The molecule has 1 aliphatic heterocycles. The number of piperidine rings is 1. The number of nitrogens with one attached hydrogen (secondary N) is 1. The minimum Gasteiger partial charge on any atom is -0.468 e. The maximum atomic E-state index is 5.71. The van der Waals surface area contributed by atoms with Crippen molar-refractivity contribution in [3.63, 3.8) is 0 Å². The first kappa shape index (κ1) is 17.0. The summed E-state index contributed by atoms with van der Waals surface area (Å²) in [6, 6.07) is 6.52. The number of nitrogens with zero attached hydrogens (tertiary/aromatic N) is 2. The fraction of sp³-hybridized carbons (Fsp3) is 0.421. The lowest BCUT2D eigenvalue weighted by Gasteiger charge is -2.33. The summed E-state index contributed by atoms with van der Waals surface area (Å²) < 4.78 is 5.71. The summed E-state index contributed by atoms with van der Waals surface area (Å²) in [6.45, 7) is 4.00. The molecule has 6 heteroatoms. The summed E-state index contributed by atoms with van der Waals surface area (Å²) >= 11 is 3.43. The van der Waals surface area contributed by atoms with Crippen molar-refractivity contribution in [3.8, 4) is 10.6 Å². The third-order valence-corrected chi connectivity index (χ3v) is 6.29. The molecule has 0 spiro atoms. The van der Waals surface area contributed by atoms with E-state index in [1.807, 2.05) is 6.07 Å². The van der Waals surface area contributed by atoms with Crippen molar-refractivity contribution in [3.05, 3.63) is 52.1 Å². The van der Waals surface area contributed by atoms with E-state index in [9.17, 15) is 0 Å². The van der Waals surface area contributed by atoms with Gasteiger partial charge in [-0.1, -0.05) is 6.42 Å². The maximum Gasteiger partial charge on any atom is 0.124 e. The summed E-state index contributed by atoms with van der Waals surface area (Å²) in [4.78, 5) is 7.30. The number of thiophene rings is 1. The zero-order valence-electron chi connectivity index (χ0n) is 14.2. The quantitative estimate of drug-likeness (QED) is 0.647. The zero-order chi connectivity index (χ0) is 16.9. The SMILES string of the molecule is c1coc(C(CNCc2csc(-c3ccsc3)n2)N2CCCCC2)c1. The number of likely N-dealkylation sites (tertiary alicyclic amines) is 1. The first-order valence-corrected chi connectivity index (χ1v) is 10.7. The van der Waals surface area contributed by atoms with Crippen LogP contribution >= 0.6 is 22.7 Å². The molecule has 4 rings (SSSR count). The van der Waals surface area contributed by atoms with Gasteiger partial charge in [0.05, 0.1) is 18.0 Å². The summed E-state index contributed by atoms with van der Waals surface area (Å²) in [5.41, 5.74) is 2.34. The first-order chi connectivity index (χ1) is 12.4. The Morgan fingerprint density at radius 3 is 2.88 bits per heavy atom. The topological polar surface area (TPSA) is 41.3 Å². The molecule has 1 unspecified atom stereocenters. The normalized spacial score (nSPS) is 17.0. The van der Waals surface area contributed by atoms with E-state index < -0.39 is 0 Å². The third-order valence-electron chi connectivity index (χ3n) is 4.67. The molecule has 0 aliphatic carbocycles. The minimum absolute atomic E-state index is 0.310. The second-order valence-electron chi connectivity index (χ2n) is 6.41. The van der Waals surface area contributed by atoms with Crippen molar-refractivity contribution < 1.29 is 4.42 Å². The molecule has 1 atom stereocenters. The van der Waals surface area contributed by atoms with Gasteiger partial charge in [0.25, 0.3) is 0 Å². The molecule has 3 aromatic heterocycles. The number of hydrogen-bond acceptors (Lipinski definition) is 6. The van der Waals surface area contributed by atoms with Crippen molar-refractivity contribution in [2.24, 2.45) is 0 Å². The highest BCUT2D eigenvalue weighted by atomic mass is 32.1. The van der Waals surface area contributed by atoms with Crippen molar-refractivity contribution in [1.29, 1.82) is 0 Å². The van der Waals surface area contributed by atoms with E-state index in [0.29, 0.717) is 6.04 Å². The highest BCUT2D eigenvalue weighted by Crippen LogP contribution is 2.26. The Balaban J connectivity index is 1.36. The number of aromatic nitrogens is 1. The van der Waals surface area contributed by atoms with Gasteiger partial charge in [-0.05, 0) is 49.5 Å². The van der Waals surface area contributed by atoms with Crippen LogP contribution in [0.15, 0.2) is 45.0 Å². The number of hydrogen-bond donors (Lipinski definition) is 1. The maximum absolute atomic E-state index is 5.71. The van der Waals surface area contributed by atoms with E-state index in [1.165, 1.54) is 24.8 Å². The molecule has 1 N–H and O–H groups in total. The Morgan fingerprint density at radius 1 is 1.20 bits per heavy atom. The average molecular weight is 374 g/mol. The van der Waals surface area contributed by atoms with Crippen LogP contribution in [0.25, 0.3) is 10.6 Å². The Kier molecular flexibility index (Phi) is 5.62. The molecule has 0 aromatic carbocycles. The lowest BCUT2D eigenvalue weighted by Crippen LogP contribution is -2.38. The van der Waals surface area contributed by atoms with E-state index in [-0.39, 0.29) is 0 Å². The molecule has 1 aliphatic rings. The van der Waals surface area contributed by atoms with Crippen LogP contribution in [0.2, 0.25) is 0 Å². The molecular weight excluding hydrogens is 350 g/mol. The van der Waals surface area contributed by atoms with Crippen LogP contribution in [0.3, 0.4) is 0 Å².